The Balaban J connectivity index is 2.52. The van der Waals surface area contributed by atoms with Crippen molar-refractivity contribution >= 4 is 20.1 Å². The van der Waals surface area contributed by atoms with Gasteiger partial charge in [0.1, 0.15) is 13.2 Å². The number of esters is 1. The maximum Gasteiger partial charge on any atom is 0.411 e. The summed E-state index contributed by atoms with van der Waals surface area (Å²) in [5.41, 5.74) is 0.781. The van der Waals surface area contributed by atoms with Crippen LogP contribution >= 0.6 is 8.03 Å². The molecule has 1 aromatic rings. The van der Waals surface area contributed by atoms with Crippen LogP contribution in [-0.2, 0) is 25.4 Å². The summed E-state index contributed by atoms with van der Waals surface area (Å²) in [7, 11) is -2.96. The molecule has 23 heavy (non-hydrogen) atoms. The van der Waals surface area contributed by atoms with E-state index in [1.165, 1.54) is 0 Å². The summed E-state index contributed by atoms with van der Waals surface area (Å²) < 4.78 is 21.0. The van der Waals surface area contributed by atoms with Gasteiger partial charge in [-0.2, -0.15) is 0 Å². The molecule has 1 aromatic carbocycles. The standard InChI is InChI=1S/C15H22NO6P/c1-2-3-9-21-14(17)10-16(12-23(19)20)15(18)22-11-13-7-5-4-6-8-13/h4-8,23H,2-3,9-12H2,1H3,(H,19,20). The summed E-state index contributed by atoms with van der Waals surface area (Å²) in [4.78, 5) is 33.5. The summed E-state index contributed by atoms with van der Waals surface area (Å²) in [6.45, 7) is 1.83. The monoisotopic (exact) mass is 343 g/mol. The zero-order valence-corrected chi connectivity index (χ0v) is 14.1. The van der Waals surface area contributed by atoms with Crippen molar-refractivity contribution in [2.24, 2.45) is 0 Å². The van der Waals surface area contributed by atoms with Crippen molar-refractivity contribution in [3.8, 4) is 0 Å². The Morgan fingerprint density at radius 3 is 2.52 bits per heavy atom. The van der Waals surface area contributed by atoms with Crippen LogP contribution in [0.2, 0.25) is 0 Å². The summed E-state index contributed by atoms with van der Waals surface area (Å²) in [5, 5.41) is 0. The average molecular weight is 343 g/mol. The van der Waals surface area contributed by atoms with Gasteiger partial charge in [-0.05, 0) is 12.0 Å². The van der Waals surface area contributed by atoms with E-state index in [0.29, 0.717) is 0 Å². The lowest BCUT2D eigenvalue weighted by molar-refractivity contribution is -0.144. The third-order valence-electron chi connectivity index (χ3n) is 2.87. The fourth-order valence-corrected chi connectivity index (χ4v) is 2.26. The molecule has 0 saturated heterocycles. The Labute approximate surface area is 136 Å². The summed E-state index contributed by atoms with van der Waals surface area (Å²) in [6.07, 6.45) is 0.330. The number of benzene rings is 1. The molecule has 1 amide bonds. The first-order valence-corrected chi connectivity index (χ1v) is 8.92. The number of rotatable bonds is 9. The molecule has 0 aliphatic carbocycles. The molecular weight excluding hydrogens is 321 g/mol. The zero-order valence-electron chi connectivity index (χ0n) is 13.1. The lowest BCUT2D eigenvalue weighted by Crippen LogP contribution is -2.36. The van der Waals surface area contributed by atoms with E-state index in [2.05, 4.69) is 0 Å². The molecule has 1 atom stereocenters. The molecule has 0 saturated carbocycles. The molecule has 0 fully saturated rings. The first kappa shape index (κ1) is 19.2. The van der Waals surface area contributed by atoms with Gasteiger partial charge in [-0.3, -0.25) is 14.3 Å². The molecule has 128 valence electrons. The van der Waals surface area contributed by atoms with Crippen molar-refractivity contribution in [2.45, 2.75) is 26.4 Å². The SMILES string of the molecule is CCCCOC(=O)CN(C[PH](=O)O)C(=O)OCc1ccccc1. The van der Waals surface area contributed by atoms with Gasteiger partial charge in [0.25, 0.3) is 0 Å². The Hall–Kier alpha value is -1.85. The fourth-order valence-electron chi connectivity index (χ4n) is 1.69. The largest absolute Gasteiger partial charge is 0.464 e. The molecule has 0 radical (unpaired) electrons. The van der Waals surface area contributed by atoms with Crippen LogP contribution in [0.3, 0.4) is 0 Å². The Kier molecular flexibility index (Phi) is 9.02. The molecule has 1 rings (SSSR count). The molecule has 1 N–H and O–H groups in total. The molecule has 0 aliphatic heterocycles. The van der Waals surface area contributed by atoms with E-state index in [1.807, 2.05) is 13.0 Å². The van der Waals surface area contributed by atoms with E-state index in [9.17, 15) is 14.2 Å². The molecule has 7 nitrogen and oxygen atoms in total. The second kappa shape index (κ2) is 10.8. The molecule has 1 unspecified atom stereocenters. The van der Waals surface area contributed by atoms with Gasteiger partial charge in [0.05, 0.1) is 12.9 Å². The van der Waals surface area contributed by atoms with Crippen LogP contribution in [0.1, 0.15) is 25.3 Å². The predicted octanol–water partition coefficient (Wildman–Crippen LogP) is 2.39. The van der Waals surface area contributed by atoms with Crippen LogP contribution in [0.4, 0.5) is 4.79 Å². The number of amides is 1. The van der Waals surface area contributed by atoms with Crippen molar-refractivity contribution in [1.29, 1.82) is 0 Å². The van der Waals surface area contributed by atoms with Crippen LogP contribution in [-0.4, -0.2) is 41.3 Å². The highest BCUT2D eigenvalue weighted by Crippen LogP contribution is 2.16. The molecule has 0 spiro atoms. The highest BCUT2D eigenvalue weighted by molar-refractivity contribution is 7.37. The molecule has 0 aromatic heterocycles. The number of carbonyl (C=O) groups is 2. The number of carbonyl (C=O) groups excluding carboxylic acids is 2. The zero-order chi connectivity index (χ0) is 17.1. The van der Waals surface area contributed by atoms with Crippen LogP contribution in [0.5, 0.6) is 0 Å². The van der Waals surface area contributed by atoms with Crippen LogP contribution in [0.25, 0.3) is 0 Å². The van der Waals surface area contributed by atoms with Gasteiger partial charge in [0.2, 0.25) is 8.03 Å². The van der Waals surface area contributed by atoms with Crippen molar-refractivity contribution in [1.82, 2.24) is 4.90 Å². The maximum absolute atomic E-state index is 12.0. The Morgan fingerprint density at radius 2 is 1.91 bits per heavy atom. The lowest BCUT2D eigenvalue weighted by Gasteiger charge is -2.20. The molecule has 0 bridgehead atoms. The maximum atomic E-state index is 12.0. The van der Waals surface area contributed by atoms with Crippen molar-refractivity contribution in [3.63, 3.8) is 0 Å². The van der Waals surface area contributed by atoms with Crippen LogP contribution in [0, 0.1) is 0 Å². The lowest BCUT2D eigenvalue weighted by atomic mass is 10.2. The van der Waals surface area contributed by atoms with Gasteiger partial charge in [0.15, 0.2) is 0 Å². The normalized spacial score (nSPS) is 11.6. The van der Waals surface area contributed by atoms with Gasteiger partial charge in [0, 0.05) is 0 Å². The predicted molar refractivity (Wildman–Crippen MR) is 85.3 cm³/mol. The van der Waals surface area contributed by atoms with Gasteiger partial charge in [-0.25, -0.2) is 4.79 Å². The minimum atomic E-state index is -2.96. The number of ether oxygens (including phenoxy) is 2. The van der Waals surface area contributed by atoms with Gasteiger partial charge >= 0.3 is 12.1 Å². The van der Waals surface area contributed by atoms with Gasteiger partial charge in [-0.1, -0.05) is 43.7 Å². The highest BCUT2D eigenvalue weighted by Gasteiger charge is 2.21. The smallest absolute Gasteiger partial charge is 0.411 e. The van der Waals surface area contributed by atoms with E-state index in [-0.39, 0.29) is 13.2 Å². The number of hydrogen-bond acceptors (Lipinski definition) is 5. The Bertz CT molecular complexity index is 522. The molecular formula is C15H22NO6P. The quantitative estimate of drug-likeness (QED) is 0.420. The van der Waals surface area contributed by atoms with Crippen molar-refractivity contribution in [3.05, 3.63) is 35.9 Å². The second-order valence-electron chi connectivity index (χ2n) is 4.86. The third kappa shape index (κ3) is 8.38. The summed E-state index contributed by atoms with van der Waals surface area (Å²) >= 11 is 0. The van der Waals surface area contributed by atoms with Crippen molar-refractivity contribution < 1.29 is 28.5 Å². The summed E-state index contributed by atoms with van der Waals surface area (Å²) in [6, 6.07) is 9.01. The van der Waals surface area contributed by atoms with E-state index >= 15 is 0 Å². The van der Waals surface area contributed by atoms with E-state index in [1.54, 1.807) is 24.3 Å². The minimum absolute atomic E-state index is 0.0212. The minimum Gasteiger partial charge on any atom is -0.464 e. The molecule has 0 heterocycles. The van der Waals surface area contributed by atoms with Crippen molar-refractivity contribution in [2.75, 3.05) is 19.4 Å². The number of unbranched alkanes of at least 4 members (excludes halogenated alkanes) is 1. The van der Waals surface area contributed by atoms with E-state index < -0.39 is 32.9 Å². The number of nitrogens with zero attached hydrogens (tertiary/aromatic N) is 1. The van der Waals surface area contributed by atoms with Crippen LogP contribution in [0.15, 0.2) is 30.3 Å². The Morgan fingerprint density at radius 1 is 1.22 bits per heavy atom. The number of hydrogen-bond donors (Lipinski definition) is 1. The molecule has 8 heteroatoms. The first-order valence-electron chi connectivity index (χ1n) is 7.36. The van der Waals surface area contributed by atoms with Gasteiger partial charge in [-0.15, -0.1) is 0 Å². The van der Waals surface area contributed by atoms with Crippen LogP contribution < -0.4 is 0 Å². The highest BCUT2D eigenvalue weighted by atomic mass is 31.1. The average Bonchev–Trinajstić information content (AvgIpc) is 2.53. The van der Waals surface area contributed by atoms with Gasteiger partial charge < -0.3 is 14.4 Å². The first-order chi connectivity index (χ1) is 11.0. The third-order valence-corrected chi connectivity index (χ3v) is 3.52. The van der Waals surface area contributed by atoms with E-state index in [4.69, 9.17) is 14.4 Å². The van der Waals surface area contributed by atoms with E-state index in [0.717, 1.165) is 23.3 Å². The molecule has 0 aliphatic rings. The second-order valence-corrected chi connectivity index (χ2v) is 5.97. The fraction of sp³-hybridized carbons (Fsp3) is 0.467. The summed E-state index contributed by atoms with van der Waals surface area (Å²) in [5.74, 6) is -0.627. The topological polar surface area (TPSA) is 93.1 Å².